The van der Waals surface area contributed by atoms with Gasteiger partial charge in [0.05, 0.1) is 13.1 Å². The van der Waals surface area contributed by atoms with Crippen molar-refractivity contribution in [3.63, 3.8) is 0 Å². The summed E-state index contributed by atoms with van der Waals surface area (Å²) in [5.74, 6) is 0.624. The summed E-state index contributed by atoms with van der Waals surface area (Å²) in [6.45, 7) is 3.59. The van der Waals surface area contributed by atoms with Crippen molar-refractivity contribution in [1.82, 2.24) is 4.90 Å². The number of hydrogen-bond donors (Lipinski definition) is 1. The molecule has 2 aliphatic heterocycles. The molecule has 0 bridgehead atoms. The van der Waals surface area contributed by atoms with Crippen LogP contribution in [0.4, 0.5) is 5.69 Å². The molecule has 2 heterocycles. The quantitative estimate of drug-likeness (QED) is 0.866. The lowest BCUT2D eigenvalue weighted by molar-refractivity contribution is -0.124. The van der Waals surface area contributed by atoms with Gasteiger partial charge in [0.15, 0.2) is 0 Å². The summed E-state index contributed by atoms with van der Waals surface area (Å²) < 4.78 is 11.3. The fourth-order valence-corrected chi connectivity index (χ4v) is 3.54. The molecule has 1 atom stereocenters. The summed E-state index contributed by atoms with van der Waals surface area (Å²) in [7, 11) is 0. The summed E-state index contributed by atoms with van der Waals surface area (Å²) in [5.41, 5.74) is 2.03. The predicted octanol–water partition coefficient (Wildman–Crippen LogP) is 3.02. The molecule has 0 aliphatic carbocycles. The number of benzene rings is 2. The van der Waals surface area contributed by atoms with Gasteiger partial charge in [-0.25, -0.2) is 0 Å². The topological polar surface area (TPSA) is 67.9 Å². The van der Waals surface area contributed by atoms with Gasteiger partial charge in [-0.15, -0.1) is 0 Å². The predicted molar refractivity (Wildman–Crippen MR) is 106 cm³/mol. The summed E-state index contributed by atoms with van der Waals surface area (Å²) in [5, 5.41) is 2.90. The van der Waals surface area contributed by atoms with E-state index in [9.17, 15) is 9.59 Å². The van der Waals surface area contributed by atoms with Crippen LogP contribution in [0, 0.1) is 6.92 Å². The summed E-state index contributed by atoms with van der Waals surface area (Å²) >= 11 is 0. The third-order valence-electron chi connectivity index (χ3n) is 5.23. The van der Waals surface area contributed by atoms with Gasteiger partial charge in [-0.05, 0) is 49.6 Å². The third kappa shape index (κ3) is 3.87. The molecule has 0 aromatic heterocycles. The molecule has 0 saturated carbocycles. The number of carbonyl (C=O) groups is 2. The van der Waals surface area contributed by atoms with E-state index >= 15 is 0 Å². The Kier molecular flexibility index (Phi) is 5.30. The Morgan fingerprint density at radius 1 is 1.11 bits per heavy atom. The third-order valence-corrected chi connectivity index (χ3v) is 5.23. The second kappa shape index (κ2) is 8.02. The number of rotatable bonds is 5. The Hall–Kier alpha value is -2.86. The molecule has 2 fully saturated rings. The van der Waals surface area contributed by atoms with E-state index in [0.29, 0.717) is 30.9 Å². The molecule has 28 heavy (non-hydrogen) atoms. The Morgan fingerprint density at radius 3 is 2.61 bits per heavy atom. The Bertz CT molecular complexity index is 856. The van der Waals surface area contributed by atoms with Crippen molar-refractivity contribution in [2.45, 2.75) is 32.0 Å². The Morgan fingerprint density at radius 2 is 1.89 bits per heavy atom. The summed E-state index contributed by atoms with van der Waals surface area (Å²) in [4.78, 5) is 27.0. The second-order valence-electron chi connectivity index (χ2n) is 7.23. The van der Waals surface area contributed by atoms with Gasteiger partial charge in [0.2, 0.25) is 0 Å². The SMILES string of the molecule is Cc1c(NC(=O)[C@@H]2CCCO2)cccc1C(=O)N1CC(Oc2ccccc2)C1. The first-order valence-corrected chi connectivity index (χ1v) is 9.65. The number of ether oxygens (including phenoxy) is 2. The highest BCUT2D eigenvalue weighted by Crippen LogP contribution is 2.25. The lowest BCUT2D eigenvalue weighted by atomic mass is 10.0. The summed E-state index contributed by atoms with van der Waals surface area (Å²) in [6, 6.07) is 15.0. The van der Waals surface area contributed by atoms with Crippen LogP contribution in [-0.4, -0.2) is 48.6 Å². The molecule has 0 unspecified atom stereocenters. The van der Waals surface area contributed by atoms with Crippen LogP contribution < -0.4 is 10.1 Å². The summed E-state index contributed by atoms with van der Waals surface area (Å²) in [6.07, 6.45) is 1.25. The van der Waals surface area contributed by atoms with Gasteiger partial charge in [0, 0.05) is 17.9 Å². The first-order valence-electron chi connectivity index (χ1n) is 9.65. The molecule has 4 rings (SSSR count). The van der Waals surface area contributed by atoms with E-state index in [-0.39, 0.29) is 17.9 Å². The number of para-hydroxylation sites is 1. The molecule has 6 nitrogen and oxygen atoms in total. The molecule has 2 saturated heterocycles. The normalized spacial score (nSPS) is 19.2. The molecular formula is C22H24N2O4. The van der Waals surface area contributed by atoms with Gasteiger partial charge in [-0.3, -0.25) is 9.59 Å². The molecule has 0 radical (unpaired) electrons. The van der Waals surface area contributed by atoms with Crippen LogP contribution in [0.2, 0.25) is 0 Å². The van der Waals surface area contributed by atoms with E-state index in [2.05, 4.69) is 5.32 Å². The molecule has 2 aromatic rings. The minimum absolute atomic E-state index is 0.00839. The maximum Gasteiger partial charge on any atom is 0.254 e. The zero-order chi connectivity index (χ0) is 19.5. The second-order valence-corrected chi connectivity index (χ2v) is 7.23. The monoisotopic (exact) mass is 380 g/mol. The number of hydrogen-bond acceptors (Lipinski definition) is 4. The van der Waals surface area contributed by atoms with E-state index in [1.54, 1.807) is 17.0 Å². The van der Waals surface area contributed by atoms with Crippen LogP contribution in [0.3, 0.4) is 0 Å². The van der Waals surface area contributed by atoms with Crippen LogP contribution in [0.1, 0.15) is 28.8 Å². The molecule has 146 valence electrons. The standard InChI is InChI=1S/C22H24N2O4/c1-15-18(9-5-10-19(15)23-21(25)20-11-6-12-27-20)22(26)24-13-17(14-24)28-16-7-3-2-4-8-16/h2-5,7-10,17,20H,6,11-14H2,1H3,(H,23,25)/t20-/m0/s1. The van der Waals surface area contributed by atoms with Crippen molar-refractivity contribution in [2.24, 2.45) is 0 Å². The van der Waals surface area contributed by atoms with Crippen LogP contribution in [0.15, 0.2) is 48.5 Å². The average molecular weight is 380 g/mol. The minimum Gasteiger partial charge on any atom is -0.487 e. The minimum atomic E-state index is -0.398. The van der Waals surface area contributed by atoms with E-state index in [1.165, 1.54) is 0 Å². The van der Waals surface area contributed by atoms with E-state index < -0.39 is 6.10 Å². The lowest BCUT2D eigenvalue weighted by Gasteiger charge is -2.39. The van der Waals surface area contributed by atoms with Crippen LogP contribution in [0.5, 0.6) is 5.75 Å². The van der Waals surface area contributed by atoms with Gasteiger partial charge < -0.3 is 19.7 Å². The maximum absolute atomic E-state index is 12.9. The van der Waals surface area contributed by atoms with Gasteiger partial charge in [-0.1, -0.05) is 24.3 Å². The van der Waals surface area contributed by atoms with Crippen LogP contribution in [0.25, 0.3) is 0 Å². The van der Waals surface area contributed by atoms with Gasteiger partial charge >= 0.3 is 0 Å². The van der Waals surface area contributed by atoms with Crippen molar-refractivity contribution in [1.29, 1.82) is 0 Å². The van der Waals surface area contributed by atoms with Gasteiger partial charge in [0.1, 0.15) is 18.0 Å². The zero-order valence-electron chi connectivity index (χ0n) is 15.9. The van der Waals surface area contributed by atoms with E-state index in [1.807, 2.05) is 43.3 Å². The van der Waals surface area contributed by atoms with Crippen molar-refractivity contribution in [2.75, 3.05) is 25.0 Å². The number of anilines is 1. The highest BCUT2D eigenvalue weighted by molar-refractivity contribution is 6.00. The fraction of sp³-hybridized carbons (Fsp3) is 0.364. The number of carbonyl (C=O) groups excluding carboxylic acids is 2. The number of nitrogens with one attached hydrogen (secondary N) is 1. The number of nitrogens with zero attached hydrogens (tertiary/aromatic N) is 1. The van der Waals surface area contributed by atoms with E-state index in [0.717, 1.165) is 24.2 Å². The Balaban J connectivity index is 1.38. The molecule has 2 aromatic carbocycles. The van der Waals surface area contributed by atoms with Crippen LogP contribution in [-0.2, 0) is 9.53 Å². The molecule has 6 heteroatoms. The Labute approximate surface area is 164 Å². The van der Waals surface area contributed by atoms with Crippen LogP contribution >= 0.6 is 0 Å². The first-order chi connectivity index (χ1) is 13.6. The van der Waals surface area contributed by atoms with Crippen molar-refractivity contribution in [3.8, 4) is 5.75 Å². The molecular weight excluding hydrogens is 356 g/mol. The van der Waals surface area contributed by atoms with Crippen molar-refractivity contribution >= 4 is 17.5 Å². The smallest absolute Gasteiger partial charge is 0.254 e. The first kappa shape index (κ1) is 18.5. The molecule has 0 spiro atoms. The lowest BCUT2D eigenvalue weighted by Crippen LogP contribution is -2.56. The molecule has 2 aliphatic rings. The average Bonchev–Trinajstić information content (AvgIpc) is 3.21. The van der Waals surface area contributed by atoms with Crippen molar-refractivity contribution < 1.29 is 19.1 Å². The zero-order valence-corrected chi connectivity index (χ0v) is 15.9. The van der Waals surface area contributed by atoms with E-state index in [4.69, 9.17) is 9.47 Å². The highest BCUT2D eigenvalue weighted by atomic mass is 16.5. The fourth-order valence-electron chi connectivity index (χ4n) is 3.54. The maximum atomic E-state index is 12.9. The van der Waals surface area contributed by atoms with Crippen molar-refractivity contribution in [3.05, 3.63) is 59.7 Å². The molecule has 1 N–H and O–H groups in total. The van der Waals surface area contributed by atoms with Gasteiger partial charge in [0.25, 0.3) is 11.8 Å². The largest absolute Gasteiger partial charge is 0.487 e. The number of amides is 2. The number of likely N-dealkylation sites (tertiary alicyclic amines) is 1. The highest BCUT2D eigenvalue weighted by Gasteiger charge is 2.33. The molecule has 2 amide bonds. The van der Waals surface area contributed by atoms with Gasteiger partial charge in [-0.2, -0.15) is 0 Å².